The minimum atomic E-state index is -3.44. The van der Waals surface area contributed by atoms with Crippen LogP contribution >= 0.6 is 11.6 Å². The van der Waals surface area contributed by atoms with Crippen LogP contribution in [0.5, 0.6) is 0 Å². The maximum atomic E-state index is 12.1. The van der Waals surface area contributed by atoms with Crippen molar-refractivity contribution in [1.29, 1.82) is 0 Å². The zero-order chi connectivity index (χ0) is 16.2. The van der Waals surface area contributed by atoms with Gasteiger partial charge in [-0.3, -0.25) is 9.10 Å². The fourth-order valence-corrected chi connectivity index (χ4v) is 2.69. The SMILES string of the molecule is CCCC(C)NC(=O)c1ccc(Cl)c(N(C)S(C)(=O)=O)c1. The Kier molecular flexibility index (Phi) is 6.04. The van der Waals surface area contributed by atoms with Crippen LogP contribution in [0.15, 0.2) is 18.2 Å². The van der Waals surface area contributed by atoms with Crippen molar-refractivity contribution >= 4 is 33.2 Å². The smallest absolute Gasteiger partial charge is 0.251 e. The van der Waals surface area contributed by atoms with Gasteiger partial charge in [-0.15, -0.1) is 0 Å². The van der Waals surface area contributed by atoms with Gasteiger partial charge in [0.05, 0.1) is 17.0 Å². The second-order valence-electron chi connectivity index (χ2n) is 5.06. The van der Waals surface area contributed by atoms with Crippen LogP contribution in [-0.2, 0) is 10.0 Å². The predicted molar refractivity (Wildman–Crippen MR) is 86.5 cm³/mol. The lowest BCUT2D eigenvalue weighted by molar-refractivity contribution is 0.0938. The summed E-state index contributed by atoms with van der Waals surface area (Å²) >= 11 is 6.02. The number of rotatable bonds is 6. The molecule has 7 heteroatoms. The van der Waals surface area contributed by atoms with E-state index in [4.69, 9.17) is 11.6 Å². The third kappa shape index (κ3) is 4.89. The van der Waals surface area contributed by atoms with E-state index in [1.54, 1.807) is 6.07 Å². The maximum Gasteiger partial charge on any atom is 0.251 e. The number of anilines is 1. The molecule has 5 nitrogen and oxygen atoms in total. The van der Waals surface area contributed by atoms with Gasteiger partial charge < -0.3 is 5.32 Å². The van der Waals surface area contributed by atoms with Gasteiger partial charge in [0.25, 0.3) is 5.91 Å². The van der Waals surface area contributed by atoms with Crippen molar-refractivity contribution in [2.24, 2.45) is 0 Å². The molecule has 1 rings (SSSR count). The minimum Gasteiger partial charge on any atom is -0.350 e. The van der Waals surface area contributed by atoms with Crippen LogP contribution < -0.4 is 9.62 Å². The lowest BCUT2D eigenvalue weighted by atomic mass is 10.1. The fourth-order valence-electron chi connectivity index (χ4n) is 1.89. The van der Waals surface area contributed by atoms with E-state index in [0.717, 1.165) is 23.4 Å². The highest BCUT2D eigenvalue weighted by Crippen LogP contribution is 2.27. The Morgan fingerprint density at radius 3 is 2.57 bits per heavy atom. The Hall–Kier alpha value is -1.27. The first-order valence-electron chi connectivity index (χ1n) is 6.71. The lowest BCUT2D eigenvalue weighted by Crippen LogP contribution is -2.32. The summed E-state index contributed by atoms with van der Waals surface area (Å²) in [5, 5.41) is 3.15. The van der Waals surface area contributed by atoms with Gasteiger partial charge in [0.2, 0.25) is 10.0 Å². The molecular formula is C14H21ClN2O3S. The number of benzene rings is 1. The van der Waals surface area contributed by atoms with Gasteiger partial charge in [-0.1, -0.05) is 24.9 Å². The molecule has 21 heavy (non-hydrogen) atoms. The molecule has 0 saturated heterocycles. The first-order valence-corrected chi connectivity index (χ1v) is 8.93. The molecule has 0 bridgehead atoms. The van der Waals surface area contributed by atoms with E-state index in [0.29, 0.717) is 5.56 Å². The quantitative estimate of drug-likeness (QED) is 0.870. The van der Waals surface area contributed by atoms with Crippen molar-refractivity contribution in [3.63, 3.8) is 0 Å². The normalized spacial score (nSPS) is 12.8. The van der Waals surface area contributed by atoms with Crippen LogP contribution in [0.1, 0.15) is 37.0 Å². The molecule has 0 saturated carbocycles. The molecule has 0 spiro atoms. The summed E-state index contributed by atoms with van der Waals surface area (Å²) in [5.74, 6) is -0.240. The number of halogens is 1. The number of amides is 1. The van der Waals surface area contributed by atoms with Gasteiger partial charge >= 0.3 is 0 Å². The number of sulfonamides is 1. The molecule has 1 amide bonds. The zero-order valence-electron chi connectivity index (χ0n) is 12.7. The molecule has 0 aliphatic heterocycles. The van der Waals surface area contributed by atoms with Crippen LogP contribution in [-0.4, -0.2) is 33.7 Å². The monoisotopic (exact) mass is 332 g/mol. The Bertz CT molecular complexity index is 617. The average Bonchev–Trinajstić information content (AvgIpc) is 2.37. The highest BCUT2D eigenvalue weighted by molar-refractivity contribution is 7.92. The van der Waals surface area contributed by atoms with Gasteiger partial charge in [0, 0.05) is 18.7 Å². The molecule has 1 atom stereocenters. The fraction of sp³-hybridized carbons (Fsp3) is 0.500. The van der Waals surface area contributed by atoms with Crippen LogP contribution in [0, 0.1) is 0 Å². The molecule has 1 aromatic carbocycles. The Morgan fingerprint density at radius 2 is 2.05 bits per heavy atom. The number of carbonyl (C=O) groups is 1. The highest BCUT2D eigenvalue weighted by atomic mass is 35.5. The molecular weight excluding hydrogens is 312 g/mol. The predicted octanol–water partition coefficient (Wildman–Crippen LogP) is 2.65. The van der Waals surface area contributed by atoms with Crippen molar-refractivity contribution in [2.45, 2.75) is 32.7 Å². The van der Waals surface area contributed by atoms with Crippen molar-refractivity contribution in [3.05, 3.63) is 28.8 Å². The summed E-state index contributed by atoms with van der Waals surface area (Å²) in [7, 11) is -2.03. The summed E-state index contributed by atoms with van der Waals surface area (Å²) in [5.41, 5.74) is 0.669. The Labute approximate surface area is 131 Å². The highest BCUT2D eigenvalue weighted by Gasteiger charge is 2.18. The zero-order valence-corrected chi connectivity index (χ0v) is 14.3. The van der Waals surface area contributed by atoms with E-state index in [1.165, 1.54) is 19.2 Å². The van der Waals surface area contributed by atoms with E-state index < -0.39 is 10.0 Å². The molecule has 0 aromatic heterocycles. The van der Waals surface area contributed by atoms with Gasteiger partial charge in [0.15, 0.2) is 0 Å². The van der Waals surface area contributed by atoms with Crippen LogP contribution in [0.4, 0.5) is 5.69 Å². The number of hydrogen-bond acceptors (Lipinski definition) is 3. The van der Waals surface area contributed by atoms with Crippen molar-refractivity contribution in [2.75, 3.05) is 17.6 Å². The molecule has 0 heterocycles. The number of hydrogen-bond donors (Lipinski definition) is 1. The third-order valence-corrected chi connectivity index (χ3v) is 4.66. The minimum absolute atomic E-state index is 0.0641. The van der Waals surface area contributed by atoms with Gasteiger partial charge in [-0.25, -0.2) is 8.42 Å². The Balaban J connectivity index is 3.04. The lowest BCUT2D eigenvalue weighted by Gasteiger charge is -2.19. The van der Waals surface area contributed by atoms with E-state index in [1.807, 2.05) is 13.8 Å². The second kappa shape index (κ2) is 7.13. The standard InChI is InChI=1S/C14H21ClN2O3S/c1-5-6-10(2)16-14(18)11-7-8-12(15)13(9-11)17(3)21(4,19)20/h7-10H,5-6H2,1-4H3,(H,16,18). The molecule has 0 fully saturated rings. The van der Waals surface area contributed by atoms with E-state index in [9.17, 15) is 13.2 Å². The number of nitrogens with one attached hydrogen (secondary N) is 1. The molecule has 0 radical (unpaired) electrons. The van der Waals surface area contributed by atoms with Gasteiger partial charge in [-0.2, -0.15) is 0 Å². The molecule has 0 aliphatic carbocycles. The van der Waals surface area contributed by atoms with Crippen molar-refractivity contribution < 1.29 is 13.2 Å². The van der Waals surface area contributed by atoms with Crippen LogP contribution in [0.25, 0.3) is 0 Å². The summed E-state index contributed by atoms with van der Waals surface area (Å²) in [4.78, 5) is 12.1. The van der Waals surface area contributed by atoms with E-state index in [2.05, 4.69) is 5.32 Å². The Morgan fingerprint density at radius 1 is 1.43 bits per heavy atom. The van der Waals surface area contributed by atoms with Crippen molar-refractivity contribution in [3.8, 4) is 0 Å². The topological polar surface area (TPSA) is 66.5 Å². The molecule has 1 aromatic rings. The van der Waals surface area contributed by atoms with Crippen LogP contribution in [0.3, 0.4) is 0 Å². The largest absolute Gasteiger partial charge is 0.350 e. The number of carbonyl (C=O) groups excluding carboxylic acids is 1. The summed E-state index contributed by atoms with van der Waals surface area (Å²) in [6.45, 7) is 3.98. The average molecular weight is 333 g/mol. The van der Waals surface area contributed by atoms with Gasteiger partial charge in [-0.05, 0) is 31.5 Å². The second-order valence-corrected chi connectivity index (χ2v) is 7.48. The summed E-state index contributed by atoms with van der Waals surface area (Å²) in [6.07, 6.45) is 2.94. The van der Waals surface area contributed by atoms with E-state index >= 15 is 0 Å². The van der Waals surface area contributed by atoms with Crippen molar-refractivity contribution in [1.82, 2.24) is 5.32 Å². The first-order chi connectivity index (χ1) is 9.66. The molecule has 1 unspecified atom stereocenters. The van der Waals surface area contributed by atoms with E-state index in [-0.39, 0.29) is 22.7 Å². The maximum absolute atomic E-state index is 12.1. The van der Waals surface area contributed by atoms with Crippen LogP contribution in [0.2, 0.25) is 5.02 Å². The summed E-state index contributed by atoms with van der Waals surface area (Å²) < 4.78 is 24.2. The van der Waals surface area contributed by atoms with Gasteiger partial charge in [0.1, 0.15) is 0 Å². The molecule has 118 valence electrons. The molecule has 0 aliphatic rings. The third-order valence-electron chi connectivity index (χ3n) is 3.14. The summed E-state index contributed by atoms with van der Waals surface area (Å²) in [6, 6.07) is 4.65. The first kappa shape index (κ1) is 17.8. The molecule has 1 N–H and O–H groups in total. The number of nitrogens with zero attached hydrogens (tertiary/aromatic N) is 1.